The molecule has 0 aliphatic carbocycles. The smallest absolute Gasteiger partial charge is 0.351 e. The lowest BCUT2D eigenvalue weighted by molar-refractivity contribution is -0.0624. The van der Waals surface area contributed by atoms with Crippen molar-refractivity contribution in [3.8, 4) is 0 Å². The molecule has 1 aromatic rings. The number of aliphatic hydroxyl groups is 2. The second-order valence-corrected chi connectivity index (χ2v) is 3.98. The predicted molar refractivity (Wildman–Crippen MR) is 60.7 cm³/mol. The molecule has 1 unspecified atom stereocenters. The van der Waals surface area contributed by atoms with Gasteiger partial charge in [0.25, 0.3) is 0 Å². The highest BCUT2D eigenvalue weighted by atomic mass is 16.6. The zero-order valence-electron chi connectivity index (χ0n) is 9.76. The molecular weight excluding hydrogens is 242 g/mol. The van der Waals surface area contributed by atoms with Gasteiger partial charge in [0, 0.05) is 13.3 Å². The molecule has 2 rings (SSSR count). The van der Waals surface area contributed by atoms with Crippen LogP contribution in [0.4, 0.5) is 5.82 Å². The van der Waals surface area contributed by atoms with Gasteiger partial charge in [-0.3, -0.25) is 4.57 Å². The summed E-state index contributed by atoms with van der Waals surface area (Å²) in [5, 5.41) is 18.9. The van der Waals surface area contributed by atoms with E-state index in [1.807, 2.05) is 0 Å². The molecule has 0 radical (unpaired) electrons. The molecule has 100 valence electrons. The fourth-order valence-electron chi connectivity index (χ4n) is 1.97. The second kappa shape index (κ2) is 5.02. The second-order valence-electron chi connectivity index (χ2n) is 3.98. The van der Waals surface area contributed by atoms with E-state index >= 15 is 0 Å². The molecule has 2 heterocycles. The average Bonchev–Trinajstić information content (AvgIpc) is 2.65. The predicted octanol–water partition coefficient (Wildman–Crippen LogP) is -1.91. The number of nitrogen functional groups attached to an aromatic ring is 1. The van der Waals surface area contributed by atoms with E-state index in [-0.39, 0.29) is 12.4 Å². The maximum atomic E-state index is 11.7. The molecule has 8 nitrogen and oxygen atoms in total. The SMILES string of the molecule is CO[C@H]1C(n2ccc(N)nc2=O)O[C@H](CO)[C@@H]1O. The molecule has 1 saturated heterocycles. The summed E-state index contributed by atoms with van der Waals surface area (Å²) in [6, 6.07) is 1.44. The first-order valence-corrected chi connectivity index (χ1v) is 5.40. The van der Waals surface area contributed by atoms with Crippen LogP contribution < -0.4 is 11.4 Å². The lowest BCUT2D eigenvalue weighted by Gasteiger charge is -2.20. The Morgan fingerprint density at radius 2 is 2.39 bits per heavy atom. The first-order valence-electron chi connectivity index (χ1n) is 5.40. The molecule has 0 spiro atoms. The molecular formula is C10H15N3O5. The van der Waals surface area contributed by atoms with E-state index in [1.54, 1.807) is 0 Å². The quantitative estimate of drug-likeness (QED) is 0.578. The summed E-state index contributed by atoms with van der Waals surface area (Å²) in [7, 11) is 1.39. The number of aliphatic hydroxyl groups excluding tert-OH is 2. The summed E-state index contributed by atoms with van der Waals surface area (Å²) in [5.74, 6) is 0.0995. The van der Waals surface area contributed by atoms with Crippen molar-refractivity contribution in [1.82, 2.24) is 9.55 Å². The van der Waals surface area contributed by atoms with E-state index in [1.165, 1.54) is 23.9 Å². The van der Waals surface area contributed by atoms with E-state index in [0.29, 0.717) is 0 Å². The normalized spacial score (nSPS) is 31.7. The van der Waals surface area contributed by atoms with Crippen molar-refractivity contribution >= 4 is 5.82 Å². The fourth-order valence-corrected chi connectivity index (χ4v) is 1.97. The van der Waals surface area contributed by atoms with Gasteiger partial charge in [0.1, 0.15) is 24.1 Å². The van der Waals surface area contributed by atoms with Gasteiger partial charge in [0.15, 0.2) is 6.23 Å². The van der Waals surface area contributed by atoms with Crippen molar-refractivity contribution in [1.29, 1.82) is 0 Å². The minimum Gasteiger partial charge on any atom is -0.394 e. The topological polar surface area (TPSA) is 120 Å². The van der Waals surface area contributed by atoms with Crippen LogP contribution in [0.2, 0.25) is 0 Å². The van der Waals surface area contributed by atoms with E-state index in [0.717, 1.165) is 0 Å². The molecule has 1 fully saturated rings. The third-order valence-electron chi connectivity index (χ3n) is 2.89. The van der Waals surface area contributed by atoms with Crippen LogP contribution in [-0.2, 0) is 9.47 Å². The Hall–Kier alpha value is -1.48. The molecule has 4 atom stereocenters. The van der Waals surface area contributed by atoms with E-state index in [4.69, 9.17) is 20.3 Å². The van der Waals surface area contributed by atoms with Crippen LogP contribution in [0.25, 0.3) is 0 Å². The van der Waals surface area contributed by atoms with Gasteiger partial charge in [-0.25, -0.2) is 4.79 Å². The Bertz CT molecular complexity index is 477. The number of hydrogen-bond acceptors (Lipinski definition) is 7. The largest absolute Gasteiger partial charge is 0.394 e. The third-order valence-corrected chi connectivity index (χ3v) is 2.89. The van der Waals surface area contributed by atoms with Gasteiger partial charge in [-0.15, -0.1) is 0 Å². The Morgan fingerprint density at radius 1 is 1.67 bits per heavy atom. The van der Waals surface area contributed by atoms with E-state index in [2.05, 4.69) is 4.98 Å². The first-order chi connectivity index (χ1) is 8.58. The van der Waals surface area contributed by atoms with Crippen LogP contribution in [0.15, 0.2) is 17.1 Å². The van der Waals surface area contributed by atoms with Gasteiger partial charge in [-0.1, -0.05) is 0 Å². The summed E-state index contributed by atoms with van der Waals surface area (Å²) in [4.78, 5) is 15.3. The highest BCUT2D eigenvalue weighted by Gasteiger charge is 2.45. The zero-order chi connectivity index (χ0) is 13.3. The number of rotatable bonds is 3. The molecule has 0 aromatic carbocycles. The lowest BCUT2D eigenvalue weighted by atomic mass is 10.1. The first kappa shape index (κ1) is 13.0. The van der Waals surface area contributed by atoms with Crippen LogP contribution >= 0.6 is 0 Å². The fraction of sp³-hybridized carbons (Fsp3) is 0.600. The molecule has 1 aliphatic rings. The number of methoxy groups -OCH3 is 1. The van der Waals surface area contributed by atoms with E-state index < -0.39 is 30.2 Å². The maximum absolute atomic E-state index is 11.7. The summed E-state index contributed by atoms with van der Waals surface area (Å²) < 4.78 is 11.7. The maximum Gasteiger partial charge on any atom is 0.351 e. The van der Waals surface area contributed by atoms with Crippen LogP contribution in [0, 0.1) is 0 Å². The van der Waals surface area contributed by atoms with Gasteiger partial charge in [-0.05, 0) is 6.07 Å². The number of nitrogens with zero attached hydrogens (tertiary/aromatic N) is 2. The molecule has 1 aromatic heterocycles. The van der Waals surface area contributed by atoms with Gasteiger partial charge in [0.2, 0.25) is 0 Å². The van der Waals surface area contributed by atoms with Gasteiger partial charge < -0.3 is 25.4 Å². The molecule has 8 heteroatoms. The van der Waals surface area contributed by atoms with Crippen molar-refractivity contribution in [2.45, 2.75) is 24.5 Å². The minimum absolute atomic E-state index is 0.0995. The molecule has 4 N–H and O–H groups in total. The minimum atomic E-state index is -1.02. The van der Waals surface area contributed by atoms with Gasteiger partial charge in [0.05, 0.1) is 6.61 Å². The Labute approximate surface area is 103 Å². The Balaban J connectivity index is 2.35. The number of hydrogen-bond donors (Lipinski definition) is 3. The van der Waals surface area contributed by atoms with Crippen molar-refractivity contribution in [2.24, 2.45) is 0 Å². The van der Waals surface area contributed by atoms with Gasteiger partial charge in [-0.2, -0.15) is 4.98 Å². The summed E-state index contributed by atoms with van der Waals surface area (Å²) in [6.45, 7) is -0.366. The average molecular weight is 257 g/mol. The molecule has 18 heavy (non-hydrogen) atoms. The third kappa shape index (κ3) is 2.10. The number of anilines is 1. The van der Waals surface area contributed by atoms with Crippen molar-refractivity contribution in [3.63, 3.8) is 0 Å². The van der Waals surface area contributed by atoms with Gasteiger partial charge >= 0.3 is 5.69 Å². The number of nitrogens with two attached hydrogens (primary N) is 1. The highest BCUT2D eigenvalue weighted by Crippen LogP contribution is 2.30. The Kier molecular flexibility index (Phi) is 3.62. The van der Waals surface area contributed by atoms with Crippen molar-refractivity contribution in [2.75, 3.05) is 19.5 Å². The summed E-state index contributed by atoms with van der Waals surface area (Å²) >= 11 is 0. The number of ether oxygens (including phenoxy) is 2. The monoisotopic (exact) mass is 257 g/mol. The molecule has 0 saturated carbocycles. The lowest BCUT2D eigenvalue weighted by Crippen LogP contribution is -2.37. The number of aromatic nitrogens is 2. The van der Waals surface area contributed by atoms with Crippen molar-refractivity contribution < 1.29 is 19.7 Å². The van der Waals surface area contributed by atoms with Crippen LogP contribution in [0.5, 0.6) is 0 Å². The van der Waals surface area contributed by atoms with Crippen LogP contribution in [-0.4, -0.2) is 51.8 Å². The van der Waals surface area contributed by atoms with E-state index in [9.17, 15) is 9.90 Å². The Morgan fingerprint density at radius 3 is 2.94 bits per heavy atom. The molecule has 0 amide bonds. The van der Waals surface area contributed by atoms with Crippen molar-refractivity contribution in [3.05, 3.63) is 22.7 Å². The van der Waals surface area contributed by atoms with Crippen LogP contribution in [0.3, 0.4) is 0 Å². The summed E-state index contributed by atoms with van der Waals surface area (Å²) in [5.41, 5.74) is 4.78. The molecule has 1 aliphatic heterocycles. The summed E-state index contributed by atoms with van der Waals surface area (Å²) in [6.07, 6.45) is -2.01. The van der Waals surface area contributed by atoms with Crippen LogP contribution in [0.1, 0.15) is 6.23 Å². The highest BCUT2D eigenvalue weighted by molar-refractivity contribution is 5.23. The molecule has 0 bridgehead atoms. The zero-order valence-corrected chi connectivity index (χ0v) is 9.76. The standard InChI is InChI=1S/C10H15N3O5/c1-17-8-7(15)5(4-14)18-9(8)13-3-2-6(11)12-10(13)16/h2-3,5,7-9,14-15H,4H2,1H3,(H2,11,12,16)/t5-,7+,8-,9?/m1/s1.